The van der Waals surface area contributed by atoms with E-state index in [4.69, 9.17) is 18.5 Å². The van der Waals surface area contributed by atoms with E-state index in [-0.39, 0.29) is 25.8 Å². The average molecular weight is 822 g/mol. The van der Waals surface area contributed by atoms with Crippen molar-refractivity contribution in [1.82, 2.24) is 0 Å². The van der Waals surface area contributed by atoms with Gasteiger partial charge in [0.05, 0.1) is 34.4 Å². The molecule has 0 rings (SSSR count). The van der Waals surface area contributed by atoms with Crippen molar-refractivity contribution >= 4 is 13.8 Å². The van der Waals surface area contributed by atoms with Crippen molar-refractivity contribution in [3.63, 3.8) is 0 Å². The van der Waals surface area contributed by atoms with E-state index in [1.807, 2.05) is 21.1 Å². The maximum atomic E-state index is 12.7. The van der Waals surface area contributed by atoms with E-state index in [9.17, 15) is 14.3 Å². The summed E-state index contributed by atoms with van der Waals surface area (Å²) in [6, 6.07) is 0. The number of rotatable bonds is 42. The van der Waals surface area contributed by atoms with Gasteiger partial charge in [-0.05, 0) is 77.0 Å². The summed E-state index contributed by atoms with van der Waals surface area (Å²) in [5.41, 5.74) is 0. The lowest BCUT2D eigenvalue weighted by molar-refractivity contribution is -0.870. The fraction of sp³-hybridized carbons (Fsp3) is 0.771. The highest BCUT2D eigenvalue weighted by molar-refractivity contribution is 7.45. The van der Waals surface area contributed by atoms with E-state index in [0.717, 1.165) is 83.5 Å². The number of likely N-dealkylation sites (N-methyl/N-ethyl adjacent to an activating group) is 1. The lowest BCUT2D eigenvalue weighted by Crippen LogP contribution is -2.37. The summed E-state index contributed by atoms with van der Waals surface area (Å²) >= 11 is 0. The van der Waals surface area contributed by atoms with E-state index >= 15 is 0 Å². The molecule has 0 aromatic rings. The Morgan fingerprint density at radius 2 is 1.00 bits per heavy atom. The molecule has 0 fully saturated rings. The molecule has 0 radical (unpaired) electrons. The van der Waals surface area contributed by atoms with Gasteiger partial charge < -0.3 is 27.9 Å². The third-order valence-electron chi connectivity index (χ3n) is 9.52. The van der Waals surface area contributed by atoms with Crippen LogP contribution in [0, 0.1) is 0 Å². The fourth-order valence-electron chi connectivity index (χ4n) is 5.94. The highest BCUT2D eigenvalue weighted by Crippen LogP contribution is 2.38. The number of carbonyl (C=O) groups is 1. The number of unbranched alkanes of at least 4 members (excludes halogenated alkanes) is 18. The Bertz CT molecular complexity index is 1090. The minimum atomic E-state index is -4.53. The molecule has 0 saturated carbocycles. The summed E-state index contributed by atoms with van der Waals surface area (Å²) in [4.78, 5) is 25.1. The summed E-state index contributed by atoms with van der Waals surface area (Å²) < 4.78 is 34.6. The molecule has 8 nitrogen and oxygen atoms in total. The molecule has 2 atom stereocenters. The zero-order chi connectivity index (χ0) is 42.0. The SMILES string of the molecule is CCC/C=C\C/C=C\CCCCCCCCOCC(COP(=O)([O-])OCC[N+](C)(C)C)OC(=O)CCCCCCCC/C=C\C/C=C\C/C=C\CCCCCCC. The predicted molar refractivity (Wildman–Crippen MR) is 240 cm³/mol. The first-order valence-electron chi connectivity index (χ1n) is 23.0. The first-order valence-corrected chi connectivity index (χ1v) is 24.5. The van der Waals surface area contributed by atoms with E-state index in [1.54, 1.807) is 0 Å². The van der Waals surface area contributed by atoms with Gasteiger partial charge in [-0.15, -0.1) is 0 Å². The summed E-state index contributed by atoms with van der Waals surface area (Å²) in [5, 5.41) is 0. The smallest absolute Gasteiger partial charge is 0.306 e. The maximum Gasteiger partial charge on any atom is 0.306 e. The van der Waals surface area contributed by atoms with E-state index in [2.05, 4.69) is 74.6 Å². The van der Waals surface area contributed by atoms with E-state index < -0.39 is 13.9 Å². The topological polar surface area (TPSA) is 94.1 Å². The van der Waals surface area contributed by atoms with Crippen LogP contribution in [-0.2, 0) is 27.9 Å². The Labute approximate surface area is 351 Å². The number of phosphoric ester groups is 1. The molecule has 0 spiro atoms. The van der Waals surface area contributed by atoms with Crippen molar-refractivity contribution in [1.29, 1.82) is 0 Å². The maximum absolute atomic E-state index is 12.7. The standard InChI is InChI=1S/C48H88NO7P/c1-6-8-10-12-14-16-18-20-22-23-24-25-26-27-28-29-31-33-35-37-39-41-48(50)56-47(46-55-57(51,52)54-44-42-49(3,4)5)45-53-43-40-38-36-34-32-30-21-19-17-15-13-11-9-7-2/h11,13,17-20,23-24,26-27,47H,6-10,12,14-16,21-22,25,28-46H2,1-5H3/b13-11-,19-17-,20-18-,24-23-,27-26-. The van der Waals surface area contributed by atoms with Crippen molar-refractivity contribution in [3.8, 4) is 0 Å². The minimum Gasteiger partial charge on any atom is -0.756 e. The Morgan fingerprint density at radius 1 is 0.544 bits per heavy atom. The van der Waals surface area contributed by atoms with E-state index in [1.165, 1.54) is 77.0 Å². The second-order valence-corrected chi connectivity index (χ2v) is 17.8. The number of phosphoric acid groups is 1. The van der Waals surface area contributed by atoms with Gasteiger partial charge in [-0.2, -0.15) is 0 Å². The highest BCUT2D eigenvalue weighted by Gasteiger charge is 2.20. The van der Waals surface area contributed by atoms with Crippen LogP contribution >= 0.6 is 7.82 Å². The Kier molecular flexibility index (Phi) is 39.7. The lowest BCUT2D eigenvalue weighted by atomic mass is 10.1. The van der Waals surface area contributed by atoms with Crippen LogP contribution in [0.4, 0.5) is 0 Å². The second-order valence-electron chi connectivity index (χ2n) is 16.4. The van der Waals surface area contributed by atoms with Gasteiger partial charge in [0.2, 0.25) is 0 Å². The summed E-state index contributed by atoms with van der Waals surface area (Å²) in [5.74, 6) is -0.352. The molecule has 57 heavy (non-hydrogen) atoms. The molecular weight excluding hydrogens is 734 g/mol. The number of ether oxygens (including phenoxy) is 2. The number of nitrogens with zero attached hydrogens (tertiary/aromatic N) is 1. The molecule has 0 aromatic heterocycles. The number of carbonyl (C=O) groups excluding carboxylic acids is 1. The van der Waals surface area contributed by atoms with Gasteiger partial charge in [0, 0.05) is 13.0 Å². The van der Waals surface area contributed by atoms with Crippen LogP contribution in [0.15, 0.2) is 60.8 Å². The molecule has 2 unspecified atom stereocenters. The first kappa shape index (κ1) is 55.2. The molecular formula is C48H88NO7P. The molecule has 0 N–H and O–H groups in total. The minimum absolute atomic E-state index is 0.0185. The van der Waals surface area contributed by atoms with Gasteiger partial charge in [0.25, 0.3) is 7.82 Å². The Balaban J connectivity index is 4.25. The van der Waals surface area contributed by atoms with Crippen LogP contribution in [0.1, 0.15) is 181 Å². The molecule has 0 aliphatic heterocycles. The molecule has 0 aromatic carbocycles. The van der Waals surface area contributed by atoms with E-state index in [0.29, 0.717) is 24.1 Å². The number of hydrogen-bond acceptors (Lipinski definition) is 7. The number of hydrogen-bond donors (Lipinski definition) is 0. The molecule has 0 heterocycles. The van der Waals surface area contributed by atoms with Crippen LogP contribution in [0.3, 0.4) is 0 Å². The quantitative estimate of drug-likeness (QED) is 0.0199. The third-order valence-corrected chi connectivity index (χ3v) is 10.5. The van der Waals surface area contributed by atoms with Crippen molar-refractivity contribution in [3.05, 3.63) is 60.8 Å². The van der Waals surface area contributed by atoms with Crippen LogP contribution in [0.5, 0.6) is 0 Å². The van der Waals surface area contributed by atoms with Gasteiger partial charge in [0.15, 0.2) is 0 Å². The lowest BCUT2D eigenvalue weighted by Gasteiger charge is -2.28. The predicted octanol–water partition coefficient (Wildman–Crippen LogP) is 13.1. The van der Waals surface area contributed by atoms with Crippen LogP contribution in [0.25, 0.3) is 0 Å². The fourth-order valence-corrected chi connectivity index (χ4v) is 6.67. The van der Waals surface area contributed by atoms with Gasteiger partial charge in [0.1, 0.15) is 19.3 Å². The molecule has 0 bridgehead atoms. The Hall–Kier alpha value is -1.80. The molecule has 0 aliphatic carbocycles. The first-order chi connectivity index (χ1) is 27.6. The summed E-state index contributed by atoms with van der Waals surface area (Å²) in [7, 11) is 1.33. The van der Waals surface area contributed by atoms with Crippen molar-refractivity contribution in [2.45, 2.75) is 187 Å². The zero-order valence-electron chi connectivity index (χ0n) is 37.5. The van der Waals surface area contributed by atoms with Crippen molar-refractivity contribution in [2.24, 2.45) is 0 Å². The Morgan fingerprint density at radius 3 is 1.51 bits per heavy atom. The van der Waals surface area contributed by atoms with Gasteiger partial charge in [-0.3, -0.25) is 9.36 Å². The third kappa shape index (κ3) is 45.1. The zero-order valence-corrected chi connectivity index (χ0v) is 38.4. The van der Waals surface area contributed by atoms with Gasteiger partial charge in [-0.25, -0.2) is 0 Å². The van der Waals surface area contributed by atoms with Crippen LogP contribution in [-0.4, -0.2) is 70.7 Å². The molecule has 0 aliphatic rings. The van der Waals surface area contributed by atoms with Gasteiger partial charge in [-0.1, -0.05) is 158 Å². The molecule has 332 valence electrons. The largest absolute Gasteiger partial charge is 0.756 e. The van der Waals surface area contributed by atoms with Crippen molar-refractivity contribution < 1.29 is 37.3 Å². The van der Waals surface area contributed by atoms with Gasteiger partial charge >= 0.3 is 5.97 Å². The average Bonchev–Trinajstić information content (AvgIpc) is 3.16. The molecule has 0 saturated heterocycles. The van der Waals surface area contributed by atoms with Crippen LogP contribution < -0.4 is 4.89 Å². The monoisotopic (exact) mass is 822 g/mol. The number of esters is 1. The highest BCUT2D eigenvalue weighted by atomic mass is 31.2. The number of quaternary nitrogens is 1. The summed E-state index contributed by atoms with van der Waals surface area (Å²) in [6.07, 6.45) is 50.9. The van der Waals surface area contributed by atoms with Crippen molar-refractivity contribution in [2.75, 3.05) is 54.1 Å². The number of allylic oxidation sites excluding steroid dienone is 10. The summed E-state index contributed by atoms with van der Waals surface area (Å²) in [6.45, 7) is 5.29. The second kappa shape index (κ2) is 41.0. The molecule has 0 amide bonds. The molecule has 9 heteroatoms. The normalized spacial score (nSPS) is 14.3. The van der Waals surface area contributed by atoms with Crippen LogP contribution in [0.2, 0.25) is 0 Å².